The molecule has 3 N–H and O–H groups in total. The molecule has 0 spiro atoms. The summed E-state index contributed by atoms with van der Waals surface area (Å²) in [6.45, 7) is 4.43. The van der Waals surface area contributed by atoms with Crippen molar-refractivity contribution in [3.8, 4) is 5.75 Å². The van der Waals surface area contributed by atoms with Crippen molar-refractivity contribution in [1.29, 1.82) is 0 Å². The average molecular weight is 451 g/mol. The van der Waals surface area contributed by atoms with Gasteiger partial charge in [-0.05, 0) is 36.6 Å². The molecule has 10 nitrogen and oxygen atoms in total. The number of hydrogen-bond acceptors (Lipinski definition) is 7. The number of imidazole rings is 1. The highest BCUT2D eigenvalue weighted by molar-refractivity contribution is 7.90. The molecule has 0 amide bonds. The molecule has 4 heterocycles. The minimum Gasteiger partial charge on any atom is -0.506 e. The van der Waals surface area contributed by atoms with Crippen LogP contribution in [0.2, 0.25) is 0 Å². The molecule has 3 aromatic heterocycles. The number of rotatable bonds is 4. The van der Waals surface area contributed by atoms with Gasteiger partial charge in [0.2, 0.25) is 0 Å². The quantitative estimate of drug-likeness (QED) is 0.432. The van der Waals surface area contributed by atoms with Gasteiger partial charge < -0.3 is 15.4 Å². The molecular formula is C21H19N6O4S. The van der Waals surface area contributed by atoms with Gasteiger partial charge in [-0.2, -0.15) is 8.42 Å². The number of aryl methyl sites for hydroxylation is 1. The number of aromatic amines is 1. The molecule has 0 aliphatic carbocycles. The fourth-order valence-corrected chi connectivity index (χ4v) is 5.05. The second-order valence-corrected chi connectivity index (χ2v) is 9.51. The molecule has 5 rings (SSSR count). The Bertz CT molecular complexity index is 1580. The van der Waals surface area contributed by atoms with Crippen LogP contribution in [0, 0.1) is 12.2 Å². The molecule has 0 bridgehead atoms. The Kier molecular flexibility index (Phi) is 4.52. The number of sulfonamides is 1. The monoisotopic (exact) mass is 451 g/mol. The minimum absolute atomic E-state index is 0.113. The lowest BCUT2D eigenvalue weighted by atomic mass is 10.1. The first kappa shape index (κ1) is 20.2. The number of aromatic hydroxyl groups is 1. The molecule has 11 heteroatoms. The fraction of sp³-hybridized carbons (Fsp3) is 0.238. The van der Waals surface area contributed by atoms with Crippen molar-refractivity contribution in [2.45, 2.75) is 31.7 Å². The molecular weight excluding hydrogens is 432 g/mol. The summed E-state index contributed by atoms with van der Waals surface area (Å²) in [6, 6.07) is 6.46. The van der Waals surface area contributed by atoms with Crippen molar-refractivity contribution in [3.05, 3.63) is 52.7 Å². The van der Waals surface area contributed by atoms with Gasteiger partial charge in [-0.3, -0.25) is 9.36 Å². The molecule has 0 saturated carbocycles. The standard InChI is InChI=1S/C21H19N6O4S/c1-11(2)7-9-27-20-12(4-3-8-22-20)17(28)15(21(27)29)19-25-14-6-5-13-16(24-10-23-13)18(14)32(30,31)26-19/h3-6,8,11,28H,7,9H2,1-2H3,(H,23,24)(H,25,26). The maximum Gasteiger partial charge on any atom is 0.288 e. The van der Waals surface area contributed by atoms with E-state index in [9.17, 15) is 18.3 Å². The van der Waals surface area contributed by atoms with Crippen molar-refractivity contribution in [3.63, 3.8) is 0 Å². The van der Waals surface area contributed by atoms with Gasteiger partial charge in [-0.25, -0.2) is 9.97 Å². The summed E-state index contributed by atoms with van der Waals surface area (Å²) >= 11 is 0. The van der Waals surface area contributed by atoms with Crippen LogP contribution in [0.5, 0.6) is 5.75 Å². The van der Waals surface area contributed by atoms with Crippen molar-refractivity contribution < 1.29 is 13.5 Å². The zero-order valence-corrected chi connectivity index (χ0v) is 18.1. The van der Waals surface area contributed by atoms with Crippen molar-refractivity contribution in [2.75, 3.05) is 5.32 Å². The first-order chi connectivity index (χ1) is 15.3. The molecule has 0 unspecified atom stereocenters. The van der Waals surface area contributed by atoms with Crippen molar-refractivity contribution >= 4 is 43.6 Å². The van der Waals surface area contributed by atoms with Gasteiger partial charge in [-0.1, -0.05) is 13.8 Å². The van der Waals surface area contributed by atoms with E-state index in [2.05, 4.69) is 31.0 Å². The number of anilines is 1. The Morgan fingerprint density at radius 1 is 1.25 bits per heavy atom. The summed E-state index contributed by atoms with van der Waals surface area (Å²) in [5.41, 5.74) is 0.419. The fourth-order valence-electron chi connectivity index (χ4n) is 3.78. The van der Waals surface area contributed by atoms with Crippen LogP contribution < -0.4 is 10.9 Å². The van der Waals surface area contributed by atoms with Crippen LogP contribution >= 0.6 is 0 Å². The van der Waals surface area contributed by atoms with E-state index in [1.807, 2.05) is 13.8 Å². The predicted molar refractivity (Wildman–Crippen MR) is 119 cm³/mol. The topological polar surface area (TPSA) is 142 Å². The predicted octanol–water partition coefficient (Wildman–Crippen LogP) is 2.39. The molecule has 1 aliphatic rings. The smallest absolute Gasteiger partial charge is 0.288 e. The summed E-state index contributed by atoms with van der Waals surface area (Å²) in [5.74, 6) is -0.302. The second kappa shape index (κ2) is 7.16. The number of amidine groups is 1. The number of aromatic nitrogens is 4. The summed E-state index contributed by atoms with van der Waals surface area (Å²) < 4.78 is 31.4. The van der Waals surface area contributed by atoms with E-state index in [0.717, 1.165) is 0 Å². The number of nitrogens with one attached hydrogen (secondary N) is 2. The Labute approximate surface area is 182 Å². The third-order valence-electron chi connectivity index (χ3n) is 5.37. The molecule has 163 valence electrons. The maximum absolute atomic E-state index is 13.4. The summed E-state index contributed by atoms with van der Waals surface area (Å²) in [5, 5.41) is 14.2. The van der Waals surface area contributed by atoms with Gasteiger partial charge in [-0.15, -0.1) is 4.40 Å². The first-order valence-electron chi connectivity index (χ1n) is 9.99. The zero-order valence-electron chi connectivity index (χ0n) is 17.2. The zero-order chi connectivity index (χ0) is 22.6. The Morgan fingerprint density at radius 3 is 2.84 bits per heavy atom. The van der Waals surface area contributed by atoms with Crippen molar-refractivity contribution in [2.24, 2.45) is 10.3 Å². The van der Waals surface area contributed by atoms with Gasteiger partial charge in [0, 0.05) is 12.7 Å². The maximum atomic E-state index is 13.4. The van der Waals surface area contributed by atoms with Crippen LogP contribution in [-0.2, 0) is 16.6 Å². The number of pyridine rings is 2. The normalized spacial score (nSPS) is 15.0. The first-order valence-corrected chi connectivity index (χ1v) is 11.4. The van der Waals surface area contributed by atoms with E-state index in [4.69, 9.17) is 0 Å². The van der Waals surface area contributed by atoms with Crippen LogP contribution in [0.3, 0.4) is 0 Å². The number of benzene rings is 1. The summed E-state index contributed by atoms with van der Waals surface area (Å²) in [7, 11) is -4.21. The highest BCUT2D eigenvalue weighted by atomic mass is 32.2. The van der Waals surface area contributed by atoms with Crippen LogP contribution in [0.25, 0.3) is 22.1 Å². The number of nitrogens with zero attached hydrogens (tertiary/aromatic N) is 4. The summed E-state index contributed by atoms with van der Waals surface area (Å²) in [6.07, 6.45) is 4.76. The van der Waals surface area contributed by atoms with E-state index >= 15 is 0 Å². The lowest BCUT2D eigenvalue weighted by molar-refractivity contribution is 0.473. The van der Waals surface area contributed by atoms with Gasteiger partial charge in [0.05, 0.1) is 16.6 Å². The number of fused-ring (bicyclic) bond motifs is 4. The minimum atomic E-state index is -4.21. The summed E-state index contributed by atoms with van der Waals surface area (Å²) in [4.78, 5) is 24.3. The highest BCUT2D eigenvalue weighted by Gasteiger charge is 2.32. The SMILES string of the molecule is CC(C)CCn1c(=O)c(C2=NS(=O)(=O)c3c(ccc4[nH][c]nc34)N2)c(O)c2cccnc21. The molecule has 1 aromatic carbocycles. The van der Waals surface area contributed by atoms with E-state index in [0.29, 0.717) is 35.4 Å². The molecule has 0 saturated heterocycles. The van der Waals surface area contributed by atoms with E-state index in [1.54, 1.807) is 24.3 Å². The van der Waals surface area contributed by atoms with E-state index in [-0.39, 0.29) is 33.2 Å². The number of hydrogen-bond donors (Lipinski definition) is 3. The third kappa shape index (κ3) is 3.04. The van der Waals surface area contributed by atoms with Gasteiger partial charge in [0.15, 0.2) is 12.2 Å². The largest absolute Gasteiger partial charge is 0.506 e. The van der Waals surface area contributed by atoms with E-state index < -0.39 is 15.6 Å². The Morgan fingerprint density at radius 2 is 2.06 bits per heavy atom. The number of H-pyrrole nitrogens is 1. The van der Waals surface area contributed by atoms with Crippen LogP contribution in [-0.4, -0.2) is 38.9 Å². The van der Waals surface area contributed by atoms with Crippen LogP contribution in [0.1, 0.15) is 25.8 Å². The molecule has 0 atom stereocenters. The second-order valence-electron chi connectivity index (χ2n) is 7.96. The van der Waals surface area contributed by atoms with E-state index in [1.165, 1.54) is 10.8 Å². The lowest BCUT2D eigenvalue weighted by Gasteiger charge is -2.20. The average Bonchev–Trinajstić information content (AvgIpc) is 3.21. The van der Waals surface area contributed by atoms with Crippen LogP contribution in [0.15, 0.2) is 44.6 Å². The lowest BCUT2D eigenvalue weighted by Crippen LogP contribution is -2.33. The molecule has 1 aliphatic heterocycles. The highest BCUT2D eigenvalue weighted by Crippen LogP contribution is 2.35. The third-order valence-corrected chi connectivity index (χ3v) is 6.72. The molecule has 32 heavy (non-hydrogen) atoms. The Balaban J connectivity index is 1.76. The molecule has 1 radical (unpaired) electrons. The van der Waals surface area contributed by atoms with Crippen LogP contribution in [0.4, 0.5) is 5.69 Å². The van der Waals surface area contributed by atoms with Gasteiger partial charge in [0.1, 0.15) is 27.4 Å². The van der Waals surface area contributed by atoms with Gasteiger partial charge >= 0.3 is 0 Å². The molecule has 0 fully saturated rings. The van der Waals surface area contributed by atoms with Gasteiger partial charge in [0.25, 0.3) is 15.6 Å². The molecule has 4 aromatic rings. The van der Waals surface area contributed by atoms with Crippen molar-refractivity contribution in [1.82, 2.24) is 19.5 Å². The Hall–Kier alpha value is -3.73.